The summed E-state index contributed by atoms with van der Waals surface area (Å²) in [6, 6.07) is 10.7. The Morgan fingerprint density at radius 1 is 1.25 bits per heavy atom. The first kappa shape index (κ1) is 18.0. The molecule has 0 amide bonds. The lowest BCUT2D eigenvalue weighted by Gasteiger charge is -2.51. The number of hydrogen-bond acceptors (Lipinski definition) is 6. The first-order chi connectivity index (χ1) is 13.7. The van der Waals surface area contributed by atoms with E-state index in [4.69, 9.17) is 14.6 Å². The van der Waals surface area contributed by atoms with Crippen molar-refractivity contribution in [1.29, 1.82) is 0 Å². The van der Waals surface area contributed by atoms with Gasteiger partial charge in [0, 0.05) is 37.9 Å². The molecular formula is C22H27N3O2S. The number of rotatable bonds is 4. The van der Waals surface area contributed by atoms with Crippen molar-refractivity contribution < 1.29 is 9.47 Å². The number of methoxy groups -OCH3 is 1. The van der Waals surface area contributed by atoms with Crippen molar-refractivity contribution in [2.75, 3.05) is 26.7 Å². The van der Waals surface area contributed by atoms with Crippen molar-refractivity contribution in [3.05, 3.63) is 46.2 Å². The molecule has 28 heavy (non-hydrogen) atoms. The number of ether oxygens (including phenoxy) is 2. The second-order valence-electron chi connectivity index (χ2n) is 7.86. The molecule has 4 heterocycles. The van der Waals surface area contributed by atoms with Crippen LogP contribution in [0.2, 0.25) is 0 Å². The quantitative estimate of drug-likeness (QED) is 0.761. The molecule has 0 radical (unpaired) electrons. The predicted octanol–water partition coefficient (Wildman–Crippen LogP) is 4.50. The van der Waals surface area contributed by atoms with E-state index in [9.17, 15) is 0 Å². The summed E-state index contributed by atoms with van der Waals surface area (Å²) in [5, 5.41) is 9.54. The summed E-state index contributed by atoms with van der Waals surface area (Å²) < 4.78 is 12.4. The summed E-state index contributed by atoms with van der Waals surface area (Å²) in [5.41, 5.74) is 1.99. The van der Waals surface area contributed by atoms with Gasteiger partial charge in [0.2, 0.25) is 5.72 Å². The van der Waals surface area contributed by atoms with Crippen molar-refractivity contribution in [3.8, 4) is 11.5 Å². The number of para-hydroxylation sites is 1. The fourth-order valence-corrected chi connectivity index (χ4v) is 5.52. The highest BCUT2D eigenvalue weighted by Gasteiger charge is 2.52. The molecular weight excluding hydrogens is 370 g/mol. The molecule has 148 valence electrons. The predicted molar refractivity (Wildman–Crippen MR) is 112 cm³/mol. The third kappa shape index (κ3) is 2.81. The van der Waals surface area contributed by atoms with Crippen LogP contribution in [0.5, 0.6) is 11.5 Å². The first-order valence-electron chi connectivity index (χ1n) is 10.2. The number of hydrogen-bond donors (Lipinski definition) is 0. The molecule has 0 aliphatic carbocycles. The lowest BCUT2D eigenvalue weighted by atomic mass is 9.91. The molecule has 2 aromatic rings. The molecule has 3 aliphatic rings. The number of benzene rings is 1. The Hall–Kier alpha value is -2.05. The lowest BCUT2D eigenvalue weighted by molar-refractivity contribution is -0.150. The van der Waals surface area contributed by atoms with Gasteiger partial charge in [0.25, 0.3) is 0 Å². The van der Waals surface area contributed by atoms with Gasteiger partial charge in [-0.05, 0) is 30.5 Å². The minimum absolute atomic E-state index is 0.216. The average Bonchev–Trinajstić information content (AvgIpc) is 3.40. The number of fused-ring (bicyclic) bond motifs is 4. The average molecular weight is 398 g/mol. The zero-order chi connectivity index (χ0) is 19.1. The van der Waals surface area contributed by atoms with Crippen molar-refractivity contribution in [2.24, 2.45) is 5.10 Å². The molecule has 6 heteroatoms. The normalized spacial score (nSPS) is 23.1. The van der Waals surface area contributed by atoms with Crippen LogP contribution in [-0.2, 0) is 0 Å². The van der Waals surface area contributed by atoms with Gasteiger partial charge in [-0.15, -0.1) is 11.3 Å². The van der Waals surface area contributed by atoms with Crippen molar-refractivity contribution in [3.63, 3.8) is 0 Å². The summed E-state index contributed by atoms with van der Waals surface area (Å²) >= 11 is 1.77. The van der Waals surface area contributed by atoms with Crippen LogP contribution in [0.15, 0.2) is 40.8 Å². The van der Waals surface area contributed by atoms with E-state index in [0.29, 0.717) is 0 Å². The fourth-order valence-electron chi connectivity index (χ4n) is 4.79. The number of piperidine rings is 1. The summed E-state index contributed by atoms with van der Waals surface area (Å²) in [5.74, 6) is 1.75. The van der Waals surface area contributed by atoms with Crippen LogP contribution in [0.4, 0.5) is 0 Å². The maximum absolute atomic E-state index is 6.76. The fraction of sp³-hybridized carbons (Fsp3) is 0.500. The Balaban J connectivity index is 1.55. The van der Waals surface area contributed by atoms with Crippen LogP contribution < -0.4 is 9.47 Å². The SMILES string of the molecule is CCCN1CCC2(CC1)Oc1c(OC)cccc1[C@H]1CC(c3cccs3)=NN12. The maximum atomic E-state index is 6.76. The Kier molecular flexibility index (Phi) is 4.56. The molecule has 0 unspecified atom stereocenters. The van der Waals surface area contributed by atoms with Crippen LogP contribution in [0.1, 0.15) is 49.1 Å². The Labute approximate surface area is 170 Å². The minimum Gasteiger partial charge on any atom is -0.493 e. The van der Waals surface area contributed by atoms with Gasteiger partial charge < -0.3 is 14.4 Å². The molecule has 1 fully saturated rings. The molecule has 1 aromatic heterocycles. The number of hydrazone groups is 1. The highest BCUT2D eigenvalue weighted by atomic mass is 32.1. The van der Waals surface area contributed by atoms with E-state index in [2.05, 4.69) is 46.5 Å². The summed E-state index contributed by atoms with van der Waals surface area (Å²) in [4.78, 5) is 3.80. The number of thiophene rings is 1. The van der Waals surface area contributed by atoms with Gasteiger partial charge in [0.15, 0.2) is 11.5 Å². The zero-order valence-corrected chi connectivity index (χ0v) is 17.4. The molecule has 1 atom stereocenters. The van der Waals surface area contributed by atoms with Crippen molar-refractivity contribution in [2.45, 2.75) is 44.4 Å². The molecule has 0 saturated carbocycles. The van der Waals surface area contributed by atoms with Crippen LogP contribution in [0, 0.1) is 0 Å². The van der Waals surface area contributed by atoms with E-state index in [1.165, 1.54) is 22.6 Å². The summed E-state index contributed by atoms with van der Waals surface area (Å²) in [7, 11) is 1.73. The molecule has 1 aromatic carbocycles. The van der Waals surface area contributed by atoms with E-state index in [1.54, 1.807) is 18.4 Å². The number of likely N-dealkylation sites (tertiary alicyclic amines) is 1. The Morgan fingerprint density at radius 2 is 2.11 bits per heavy atom. The van der Waals surface area contributed by atoms with E-state index in [1.807, 2.05) is 6.07 Å². The van der Waals surface area contributed by atoms with Gasteiger partial charge in [-0.25, -0.2) is 5.01 Å². The standard InChI is InChI=1S/C22H27N3O2S/c1-3-11-24-12-9-22(10-13-24)25-18(15-17(23-25)20-8-5-14-28-20)16-6-4-7-19(26-2)21(16)27-22/h4-8,14,18H,3,9-13,15H2,1-2H3/t18-/m1/s1. The van der Waals surface area contributed by atoms with Crippen LogP contribution in [0.25, 0.3) is 0 Å². The monoisotopic (exact) mass is 397 g/mol. The van der Waals surface area contributed by atoms with E-state index in [-0.39, 0.29) is 11.8 Å². The van der Waals surface area contributed by atoms with Gasteiger partial charge in [-0.3, -0.25) is 0 Å². The summed E-state index contributed by atoms with van der Waals surface area (Å²) in [6.45, 7) is 5.50. The topological polar surface area (TPSA) is 37.3 Å². The van der Waals surface area contributed by atoms with Crippen LogP contribution in [0.3, 0.4) is 0 Å². The van der Waals surface area contributed by atoms with Crippen molar-refractivity contribution >= 4 is 17.0 Å². The second kappa shape index (κ2) is 7.08. The molecule has 5 nitrogen and oxygen atoms in total. The zero-order valence-electron chi connectivity index (χ0n) is 16.6. The Morgan fingerprint density at radius 3 is 2.82 bits per heavy atom. The highest BCUT2D eigenvalue weighted by molar-refractivity contribution is 7.12. The highest BCUT2D eigenvalue weighted by Crippen LogP contribution is 2.52. The summed E-state index contributed by atoms with van der Waals surface area (Å²) in [6.07, 6.45) is 4.03. The van der Waals surface area contributed by atoms with Gasteiger partial charge in [-0.2, -0.15) is 5.10 Å². The van der Waals surface area contributed by atoms with Crippen molar-refractivity contribution in [1.82, 2.24) is 9.91 Å². The van der Waals surface area contributed by atoms with Gasteiger partial charge in [0.1, 0.15) is 0 Å². The molecule has 1 saturated heterocycles. The van der Waals surface area contributed by atoms with Crippen LogP contribution in [-0.4, -0.2) is 48.1 Å². The first-order valence-corrected chi connectivity index (χ1v) is 11.1. The van der Waals surface area contributed by atoms with E-state index >= 15 is 0 Å². The molecule has 0 bridgehead atoms. The molecule has 3 aliphatic heterocycles. The van der Waals surface area contributed by atoms with E-state index in [0.717, 1.165) is 50.4 Å². The number of nitrogens with zero attached hydrogens (tertiary/aromatic N) is 3. The maximum Gasteiger partial charge on any atom is 0.200 e. The molecule has 0 N–H and O–H groups in total. The third-order valence-corrected chi connectivity index (χ3v) is 7.11. The smallest absolute Gasteiger partial charge is 0.200 e. The Bertz CT molecular complexity index is 872. The third-order valence-electron chi connectivity index (χ3n) is 6.19. The van der Waals surface area contributed by atoms with Crippen LogP contribution >= 0.6 is 11.3 Å². The van der Waals surface area contributed by atoms with Gasteiger partial charge >= 0.3 is 0 Å². The lowest BCUT2D eigenvalue weighted by Crippen LogP contribution is -2.59. The molecule has 5 rings (SSSR count). The van der Waals surface area contributed by atoms with Gasteiger partial charge in [0.05, 0.1) is 23.7 Å². The van der Waals surface area contributed by atoms with E-state index < -0.39 is 0 Å². The molecule has 1 spiro atoms. The largest absolute Gasteiger partial charge is 0.493 e. The minimum atomic E-state index is -0.379. The van der Waals surface area contributed by atoms with Gasteiger partial charge in [-0.1, -0.05) is 25.1 Å². The second-order valence-corrected chi connectivity index (χ2v) is 8.80.